The number of alkyl halides is 9. The molecule has 0 saturated heterocycles. The minimum absolute atomic E-state index is 0.0994. The summed E-state index contributed by atoms with van der Waals surface area (Å²) in [4.78, 5) is 0. The monoisotopic (exact) mass is 1480 g/mol. The summed E-state index contributed by atoms with van der Waals surface area (Å²) in [6.45, 7) is 93.2. The Hall–Kier alpha value is -0.630. The summed E-state index contributed by atoms with van der Waals surface area (Å²) < 4.78 is 125. The van der Waals surface area contributed by atoms with Crippen LogP contribution in [0.1, 0.15) is 447 Å². The van der Waals surface area contributed by atoms with Gasteiger partial charge in [-0.25, -0.2) is 39.5 Å². The van der Waals surface area contributed by atoms with E-state index >= 15 is 0 Å². The molecule has 0 rings (SSSR count). The first kappa shape index (κ1) is 120. The second-order valence-corrected chi connectivity index (χ2v) is 37.5. The van der Waals surface area contributed by atoms with E-state index in [2.05, 4.69) is 152 Å². The normalized spacial score (nSPS) is 16.6. The summed E-state index contributed by atoms with van der Waals surface area (Å²) in [7, 11) is 0. The fourth-order valence-corrected chi connectivity index (χ4v) is 16.3. The molecule has 9 heteroatoms. The summed E-state index contributed by atoms with van der Waals surface area (Å²) in [5, 5.41) is 0. The van der Waals surface area contributed by atoms with Crippen LogP contribution in [0.25, 0.3) is 0 Å². The van der Waals surface area contributed by atoms with Crippen molar-refractivity contribution in [2.24, 2.45) is 106 Å². The van der Waals surface area contributed by atoms with Crippen molar-refractivity contribution in [2.75, 3.05) is 0 Å². The lowest BCUT2D eigenvalue weighted by molar-refractivity contribution is -0.0267. The van der Waals surface area contributed by atoms with Crippen LogP contribution in [0.4, 0.5) is 39.5 Å². The third kappa shape index (κ3) is 46.1. The Bertz CT molecular complexity index is 1800. The highest BCUT2D eigenvalue weighted by Gasteiger charge is 2.46. The number of hydrogen-bond acceptors (Lipinski definition) is 0. The second kappa shape index (κ2) is 56.6. The van der Waals surface area contributed by atoms with Crippen LogP contribution < -0.4 is 0 Å². The van der Waals surface area contributed by atoms with E-state index in [1.165, 1.54) is 0 Å². The van der Waals surface area contributed by atoms with E-state index in [-0.39, 0.29) is 70.0 Å². The molecule has 0 aromatic heterocycles. The van der Waals surface area contributed by atoms with Crippen LogP contribution in [-0.4, -0.2) is 51.0 Å². The Morgan fingerprint density at radius 1 is 0.225 bits per heavy atom. The quantitative estimate of drug-likeness (QED) is 0.0544. The van der Waals surface area contributed by atoms with Crippen LogP contribution >= 0.6 is 0 Å². The van der Waals surface area contributed by atoms with Crippen molar-refractivity contribution in [1.29, 1.82) is 0 Å². The van der Waals surface area contributed by atoms with Crippen molar-refractivity contribution in [3.8, 4) is 0 Å². The van der Waals surface area contributed by atoms with Crippen molar-refractivity contribution in [3.63, 3.8) is 0 Å². The van der Waals surface area contributed by atoms with E-state index < -0.39 is 51.0 Å². The maximum absolute atomic E-state index is 14.4. The molecule has 0 bridgehead atoms. The molecule has 0 aliphatic heterocycles. The van der Waals surface area contributed by atoms with E-state index in [1.807, 2.05) is 111 Å². The largest absolute Gasteiger partial charge is 0.244 e. The average Bonchev–Trinajstić information content (AvgIpc) is 0.813. The summed E-state index contributed by atoms with van der Waals surface area (Å²) in [5.74, 6) is 4.14. The lowest BCUT2D eigenvalue weighted by atomic mass is 9.67. The smallest absolute Gasteiger partial charge is 0.115 e. The molecule has 7 atom stereocenters. The molecular weight excluding hydrogens is 1290 g/mol. The fraction of sp³-hybridized carbons (Fsp3) is 1.00. The maximum Gasteiger partial charge on any atom is 0.115 e. The minimum atomic E-state index is -1.05. The number of rotatable bonds is 37. The van der Waals surface area contributed by atoms with E-state index in [0.29, 0.717) is 74.0 Å². The predicted octanol–water partition coefficient (Wildman–Crippen LogP) is 35.4. The van der Waals surface area contributed by atoms with Crippen LogP contribution in [-0.2, 0) is 0 Å². The van der Waals surface area contributed by atoms with Crippen LogP contribution in [0.2, 0.25) is 0 Å². The zero-order chi connectivity index (χ0) is 84.2. The molecule has 0 saturated carbocycles. The lowest BCUT2D eigenvalue weighted by Gasteiger charge is -2.42. The molecule has 0 radical (unpaired) electrons. The third-order valence-electron chi connectivity index (χ3n) is 25.6. The Kier molecular flexibility index (Phi) is 66.4. The summed E-state index contributed by atoms with van der Waals surface area (Å²) in [6, 6.07) is 0. The molecule has 0 spiro atoms. The molecule has 0 unspecified atom stereocenters. The van der Waals surface area contributed by atoms with Crippen LogP contribution in [0.15, 0.2) is 0 Å². The SMILES string of the molecule is CC(C)C(C(C)C)[C@@](C)(F)C(C)C.CC(C)C(C)(F)C(C)C.CCC(C)(CC)[C@@](C)(F)C(C)C.CCC(CC)[C@@](C)(F)C(C)C.CCCC(C)(F)CCC.CCC[C@](C)(F)C(C(C)C)C(C)C.CCC[C@](C)(F)C(C)(CC)CC.CCC[C@](C)(F)C(CC)CC.CC[C@](C)(F)C(C(C)C)C(C)C. The van der Waals surface area contributed by atoms with Gasteiger partial charge in [-0.2, -0.15) is 0 Å². The first-order chi connectivity index (χ1) is 45.7. The van der Waals surface area contributed by atoms with E-state index in [4.69, 9.17) is 0 Å². The molecule has 630 valence electrons. The molecule has 0 aromatic carbocycles. The third-order valence-corrected chi connectivity index (χ3v) is 25.6. The predicted molar refractivity (Wildman–Crippen MR) is 450 cm³/mol. The summed E-state index contributed by atoms with van der Waals surface area (Å²) >= 11 is 0. The van der Waals surface area contributed by atoms with Crippen LogP contribution in [0.5, 0.6) is 0 Å². The Morgan fingerprint density at radius 2 is 0.471 bits per heavy atom. The molecule has 0 heterocycles. The molecule has 102 heavy (non-hydrogen) atoms. The first-order valence-electron chi connectivity index (χ1n) is 42.9. The summed E-state index contributed by atoms with van der Waals surface area (Å²) in [5.41, 5.74) is -9.18. The Balaban J connectivity index is -0.000000137. The van der Waals surface area contributed by atoms with Gasteiger partial charge in [0.1, 0.15) is 51.0 Å². The highest BCUT2D eigenvalue weighted by molar-refractivity contribution is 4.95. The van der Waals surface area contributed by atoms with Crippen molar-refractivity contribution in [2.45, 2.75) is 498 Å². The van der Waals surface area contributed by atoms with Crippen LogP contribution in [0.3, 0.4) is 0 Å². The zero-order valence-corrected chi connectivity index (χ0v) is 78.6. The van der Waals surface area contributed by atoms with Gasteiger partial charge in [0, 0.05) is 10.8 Å². The van der Waals surface area contributed by atoms with Crippen LogP contribution in [0, 0.1) is 106 Å². The molecule has 0 aliphatic rings. The average molecular weight is 1480 g/mol. The molecule has 0 nitrogen and oxygen atoms in total. The van der Waals surface area contributed by atoms with Gasteiger partial charge < -0.3 is 0 Å². The van der Waals surface area contributed by atoms with Gasteiger partial charge in [0.15, 0.2) is 0 Å². The minimum Gasteiger partial charge on any atom is -0.244 e. The highest BCUT2D eigenvalue weighted by atomic mass is 19.2. The Labute approximate surface area is 640 Å². The standard InChI is InChI=1S/2C12H25F.3C11H23F.2C10H21F.2C8H17F/c1-8(2)11(9(3)4)12(7,13)10(5)6;1-7-8-12(6,13)11(9(2)3)10(4)5;1-7-10(5,8-2)11(6,12)9(3)4;1-7-11(6,12)10(8(2)3)9(4)5;1-6-9-11(5,12)10(4,7-2)8-3;1-6-9(7-2)10(5,11)8(3)4;1-5-8-10(4,11)9(6-2)7-3;1-6(2)8(5,9)7(3)4;1-4-6-8(3,9)7-5-2/h8-11H,1-7H3;9-11H,7-8H2,1-6H3;9H,7-8H2,1-6H3;8-10H,7H2,1-6H3;6-9H2,1-5H3;8-9H,6-7H2,1-5H3;9H,5-8H2,1-4H3;6-7H,1-5H3;4-7H2,1-3H3/t2*12-;3*11-;2*10-;;/m0000000../s1. The van der Waals surface area contributed by atoms with Crippen molar-refractivity contribution < 1.29 is 39.5 Å². The highest BCUT2D eigenvalue weighted by Crippen LogP contribution is 2.47. The van der Waals surface area contributed by atoms with Crippen molar-refractivity contribution in [1.82, 2.24) is 0 Å². The van der Waals surface area contributed by atoms with E-state index in [9.17, 15) is 39.5 Å². The van der Waals surface area contributed by atoms with Gasteiger partial charge in [-0.05, 0) is 221 Å². The van der Waals surface area contributed by atoms with E-state index in [1.54, 1.807) is 62.3 Å². The number of halogens is 9. The molecule has 0 aliphatic carbocycles. The lowest BCUT2D eigenvalue weighted by Crippen LogP contribution is -2.43. The molecule has 0 N–H and O–H groups in total. The van der Waals surface area contributed by atoms with Gasteiger partial charge in [0.25, 0.3) is 0 Å². The molecule has 0 amide bonds. The molecule has 0 fully saturated rings. The zero-order valence-electron chi connectivity index (χ0n) is 78.6. The molecular formula is C93H195F9. The first-order valence-corrected chi connectivity index (χ1v) is 42.9. The van der Waals surface area contributed by atoms with E-state index in [0.717, 1.165) is 83.5 Å². The van der Waals surface area contributed by atoms with Gasteiger partial charge in [-0.15, -0.1) is 0 Å². The second-order valence-electron chi connectivity index (χ2n) is 37.5. The van der Waals surface area contributed by atoms with Gasteiger partial charge in [-0.3, -0.25) is 0 Å². The van der Waals surface area contributed by atoms with Crippen molar-refractivity contribution in [3.05, 3.63) is 0 Å². The maximum atomic E-state index is 14.4. The van der Waals surface area contributed by atoms with Gasteiger partial charge in [-0.1, -0.05) is 321 Å². The fourth-order valence-electron chi connectivity index (χ4n) is 16.3. The number of hydrogen-bond donors (Lipinski definition) is 0. The van der Waals surface area contributed by atoms with Crippen molar-refractivity contribution >= 4 is 0 Å². The Morgan fingerprint density at radius 3 is 0.618 bits per heavy atom. The van der Waals surface area contributed by atoms with Gasteiger partial charge in [0.05, 0.1) is 0 Å². The summed E-state index contributed by atoms with van der Waals surface area (Å²) in [6.07, 6.45) is 16.3. The topological polar surface area (TPSA) is 0 Å². The van der Waals surface area contributed by atoms with Gasteiger partial charge >= 0.3 is 0 Å². The molecule has 0 aromatic rings. The van der Waals surface area contributed by atoms with Gasteiger partial charge in [0.2, 0.25) is 0 Å².